The Morgan fingerprint density at radius 3 is 1.27 bits per heavy atom. The summed E-state index contributed by atoms with van der Waals surface area (Å²) in [6.45, 7) is 39.9. The molecule has 12 heterocycles. The molecule has 668 valence electrons. The van der Waals surface area contributed by atoms with Crippen LogP contribution in [0.4, 0.5) is 0 Å². The minimum atomic E-state index is -1.24. The SMILES string of the molecule is C.C.C.CCN(CC)CC.CC[C@@]1(C(C)C)OC(OC(C)=O)[C@H](OC(C)=O)[C@@H]1OC.CC[C@@]1([C@@H](C)O)O[C@@H]2OC(C)(C)O[C@@H]2[C@@H]1OC.CC[C@]12O[C@@H](n3cc(C)c(=O)[nH]c3=O)[C@H](O[C@H]1C)[C@@H]2O.CC[C@]12O[C@@H](n3cc(C)c(=O)[nH]c3=O)[C@H](O[C@H]1C)[C@@H]2OC.Cc1cn([C@@H]2O[C@@]3(CO)[C@H](C)O[C@@H]2[C@@H]3O)c(=O)[nH]c1=O.O=C(Cl)c1ccccc1.[2H][2H]. The van der Waals surface area contributed by atoms with E-state index in [9.17, 15) is 63.6 Å². The number of nitrogens with one attached hydrogen (secondary N) is 3. The highest BCUT2D eigenvalue weighted by Gasteiger charge is 2.69. The number of aromatic nitrogens is 6. The van der Waals surface area contributed by atoms with E-state index in [1.54, 1.807) is 73.1 Å². The van der Waals surface area contributed by atoms with Crippen molar-refractivity contribution in [2.75, 3.05) is 47.6 Å². The van der Waals surface area contributed by atoms with Crippen LogP contribution in [0.3, 0.4) is 0 Å². The van der Waals surface area contributed by atoms with E-state index in [1.165, 1.54) is 72.9 Å². The van der Waals surface area contributed by atoms with Gasteiger partial charge in [-0.05, 0) is 125 Å². The molecule has 36 heteroatoms. The highest BCUT2D eigenvalue weighted by molar-refractivity contribution is 6.67. The van der Waals surface area contributed by atoms with Crippen LogP contribution in [-0.4, -0.2) is 251 Å². The largest absolute Gasteiger partial charge is 0.453 e. The number of H-pyrrole nitrogens is 3. The lowest BCUT2D eigenvalue weighted by atomic mass is 9.82. The molecule has 0 amide bonds. The number of aromatic amines is 3. The van der Waals surface area contributed by atoms with Gasteiger partial charge in [-0.3, -0.25) is 57.4 Å². The maximum absolute atomic E-state index is 12.1. The van der Waals surface area contributed by atoms with Crippen LogP contribution >= 0.6 is 11.6 Å². The van der Waals surface area contributed by atoms with Crippen molar-refractivity contribution in [3.8, 4) is 0 Å². The van der Waals surface area contributed by atoms with E-state index >= 15 is 0 Å². The molecule has 35 nitrogen and oxygen atoms in total. The average molecular weight is 1690 g/mol. The molecule has 9 saturated heterocycles. The van der Waals surface area contributed by atoms with Crippen molar-refractivity contribution >= 4 is 28.8 Å². The summed E-state index contributed by atoms with van der Waals surface area (Å²) in [5, 5.41) is 39.6. The number of hydrogen-bond acceptors (Lipinski definition) is 29. The second-order valence-electron chi connectivity index (χ2n) is 30.2. The summed E-state index contributed by atoms with van der Waals surface area (Å²) in [6.07, 6.45) is -3.79. The van der Waals surface area contributed by atoms with Crippen LogP contribution in [0, 0.1) is 26.7 Å². The van der Waals surface area contributed by atoms with E-state index in [4.69, 9.17) is 85.6 Å². The lowest BCUT2D eigenvalue weighted by Crippen LogP contribution is -2.52. The zero-order valence-electron chi connectivity index (χ0n) is 71.6. The smallest absolute Gasteiger partial charge is 0.330 e. The Morgan fingerprint density at radius 1 is 0.547 bits per heavy atom. The number of rotatable bonds is 19. The lowest BCUT2D eigenvalue weighted by Gasteiger charge is -2.37. The minimum Gasteiger partial charge on any atom is -0.453 e. The monoisotopic (exact) mass is 1690 g/mol. The van der Waals surface area contributed by atoms with Gasteiger partial charge in [0.05, 0.1) is 31.0 Å². The molecule has 9 aliphatic heterocycles. The number of aliphatic hydroxyl groups excluding tert-OH is 4. The molecular weight excluding hydrogens is 1550 g/mol. The van der Waals surface area contributed by atoms with Gasteiger partial charge in [0.25, 0.3) is 21.9 Å². The number of carbonyl (C=O) groups is 3. The second-order valence-corrected chi connectivity index (χ2v) is 30.6. The Bertz CT molecular complexity index is 4160. The van der Waals surface area contributed by atoms with Crippen LogP contribution in [-0.2, 0) is 80.6 Å². The fourth-order valence-corrected chi connectivity index (χ4v) is 16.6. The highest BCUT2D eigenvalue weighted by atomic mass is 35.5. The number of benzene rings is 1. The fourth-order valence-electron chi connectivity index (χ4n) is 16.5. The van der Waals surface area contributed by atoms with Crippen molar-refractivity contribution in [1.82, 2.24) is 33.6 Å². The van der Waals surface area contributed by atoms with Crippen molar-refractivity contribution in [2.24, 2.45) is 5.92 Å². The Morgan fingerprint density at radius 2 is 0.940 bits per heavy atom. The summed E-state index contributed by atoms with van der Waals surface area (Å²) < 4.78 is 99.2. The Hall–Kier alpha value is -6.56. The van der Waals surface area contributed by atoms with Gasteiger partial charge >= 0.3 is 29.0 Å². The number of aryl methyl sites for hydroxylation is 3. The van der Waals surface area contributed by atoms with Gasteiger partial charge in [0.2, 0.25) is 6.29 Å². The Labute approximate surface area is 692 Å². The number of esters is 2. The number of methoxy groups -OCH3 is 3. The highest BCUT2D eigenvalue weighted by Crippen LogP contribution is 2.53. The third-order valence-electron chi connectivity index (χ3n) is 23.1. The van der Waals surface area contributed by atoms with Crippen LogP contribution in [0.25, 0.3) is 0 Å². The van der Waals surface area contributed by atoms with Gasteiger partial charge in [-0.25, -0.2) is 14.4 Å². The number of halogens is 1. The van der Waals surface area contributed by atoms with Crippen LogP contribution in [0.5, 0.6) is 0 Å². The summed E-state index contributed by atoms with van der Waals surface area (Å²) in [6, 6.07) is 8.74. The number of hydrogen-bond donors (Lipinski definition) is 7. The standard InChI is InChI=1S/C14H20N2O5.C14H24O6.C13H18N2O5.C12H16N2O6.C12H22O5.C7H5ClO.C6H15N.3CH4.H2/c1-5-14-8(3)20-9(10(14)19-4)12(21-14)16-6-7(2)11(17)15-13(16)18;1-7-14(8(2)3)12(17-6)11(18-9(4)15)13(20-14)19-10(5)16;1-4-13-7(3)19-8(9(13)16)11(20-13)15-5-6(2)10(17)14-12(15)18;1-5-3-14(11(18)13-9(5)17)10-7-8(16)12(4-15,20-10)6(2)19-7;1-6-12(7(2)13)9(14-5)8-10(17-12)16-11(3,4)15-8;8-7(9)6-4-2-1-3-5-6;1-4-7(5-2)6-3;;;;/h6,8-10,12H,5H2,1-4H3,(H,15,17,18);8,11-13H,7H2,1-6H3;5,7-9,11,16H,4H2,1-3H3,(H,14,17,18);3,6-8,10,15-16H,4H2,1-2H3,(H,13,17,18);7-10,13H,6H2,1-5H3;1-5H;4-6H2,1-3H3;3*1H4;1H/t8-,9+,10-,12+,14-;11-,12+,13?,14+;7-,8+,9-,11+,13-;6-,7+,8-,10+,12-;7-,8-,9+,10+,12+;;;;;;/m01001....../s1/i;;;;;;;;;;1+1D. The molecule has 1 aromatic carbocycles. The number of carbonyl (C=O) groups excluding carboxylic acids is 3. The van der Waals surface area contributed by atoms with Crippen LogP contribution < -0.4 is 33.7 Å². The van der Waals surface area contributed by atoms with Crippen molar-refractivity contribution in [3.63, 3.8) is 0 Å². The van der Waals surface area contributed by atoms with Gasteiger partial charge in [0.1, 0.15) is 82.9 Å². The van der Waals surface area contributed by atoms with Gasteiger partial charge in [-0.1, -0.05) is 115 Å². The first-order valence-electron chi connectivity index (χ1n) is 39.8. The van der Waals surface area contributed by atoms with Gasteiger partial charge < -0.3 is 96.4 Å². The number of aliphatic hydroxyl groups is 4. The van der Waals surface area contributed by atoms with Gasteiger partial charge in [-0.15, -0.1) is 0 Å². The summed E-state index contributed by atoms with van der Waals surface area (Å²) >= 11 is 5.16. The maximum Gasteiger partial charge on any atom is 0.330 e. The van der Waals surface area contributed by atoms with Gasteiger partial charge in [-0.2, -0.15) is 0 Å². The molecule has 6 bridgehead atoms. The van der Waals surface area contributed by atoms with Crippen molar-refractivity contribution < 1.29 is 109 Å². The normalized spacial score (nSPS) is 34.0. The molecule has 0 aliphatic carbocycles. The Balaban J connectivity index is 0.000000363. The third kappa shape index (κ3) is 20.6. The molecule has 7 N–H and O–H groups in total. The molecule has 9 aliphatic rings. The topological polar surface area (TPSA) is 438 Å². The first-order chi connectivity index (χ1) is 54.5. The predicted molar refractivity (Wildman–Crippen MR) is 434 cm³/mol. The van der Waals surface area contributed by atoms with Crippen molar-refractivity contribution in [2.45, 2.75) is 337 Å². The first kappa shape index (κ1) is 101. The molecule has 0 radical (unpaired) electrons. The molecule has 3 aromatic heterocycles. The van der Waals surface area contributed by atoms with E-state index in [1.807, 2.05) is 75.3 Å². The quantitative estimate of drug-likeness (QED) is 0.0388. The summed E-state index contributed by atoms with van der Waals surface area (Å²) in [5.41, 5.74) is -5.24. The van der Waals surface area contributed by atoms with Crippen LogP contribution in [0.15, 0.2) is 77.7 Å². The number of fused-ring (bicyclic) bond motifs is 7. The van der Waals surface area contributed by atoms with Crippen LogP contribution in [0.1, 0.15) is 214 Å². The van der Waals surface area contributed by atoms with Gasteiger partial charge in [0.15, 0.2) is 36.9 Å². The molecular formula is C81H134ClN7O28. The fraction of sp³-hybridized carbons (Fsp3) is 0.741. The van der Waals surface area contributed by atoms with Crippen LogP contribution in [0.2, 0.25) is 0 Å². The van der Waals surface area contributed by atoms with Gasteiger partial charge in [0, 0.05) is 79.0 Å². The second kappa shape index (κ2) is 42.3. The molecule has 0 saturated carbocycles. The molecule has 4 aromatic rings. The zero-order valence-corrected chi connectivity index (χ0v) is 70.3. The molecule has 0 spiro atoms. The maximum atomic E-state index is 12.1. The summed E-state index contributed by atoms with van der Waals surface area (Å²) in [5.74, 6) is -1.51. The van der Waals surface area contributed by atoms with E-state index in [0.29, 0.717) is 41.5 Å². The summed E-state index contributed by atoms with van der Waals surface area (Å²) in [7, 11) is 4.77. The van der Waals surface area contributed by atoms with E-state index in [-0.39, 0.29) is 70.4 Å². The van der Waals surface area contributed by atoms with E-state index < -0.39 is 166 Å². The first-order valence-corrected chi connectivity index (χ1v) is 39.1. The van der Waals surface area contributed by atoms with E-state index in [0.717, 1.165) is 6.42 Å². The average Bonchev–Trinajstić information content (AvgIpc) is 1.57. The molecule has 117 heavy (non-hydrogen) atoms. The molecule has 24 atom stereocenters. The van der Waals surface area contributed by atoms with Crippen molar-refractivity contribution in [1.29, 1.82) is 0 Å². The van der Waals surface area contributed by atoms with E-state index in [2.05, 4.69) is 40.6 Å². The molecule has 9 fully saturated rings. The summed E-state index contributed by atoms with van der Waals surface area (Å²) in [4.78, 5) is 112. The number of nitrogens with zero attached hydrogens (tertiary/aromatic N) is 4. The molecule has 1 unspecified atom stereocenters. The molecule has 13 rings (SSSR count). The zero-order chi connectivity index (χ0) is 87.4. The minimum absolute atomic E-state index is 0. The third-order valence-corrected chi connectivity index (χ3v) is 23.3. The lowest BCUT2D eigenvalue weighted by molar-refractivity contribution is -0.259. The Kier molecular flexibility index (Phi) is 36.5. The number of ether oxygens (including phenoxy) is 15. The predicted octanol–water partition coefficient (Wildman–Crippen LogP) is 6.51. The van der Waals surface area contributed by atoms with Crippen molar-refractivity contribution in [3.05, 3.63) is 134 Å².